The number of hydrogen-bond acceptors (Lipinski definition) is 3. The molecule has 0 spiro atoms. The summed E-state index contributed by atoms with van der Waals surface area (Å²) in [6.07, 6.45) is 3.98. The van der Waals surface area contributed by atoms with E-state index >= 15 is 0 Å². The molecule has 2 heterocycles. The lowest BCUT2D eigenvalue weighted by molar-refractivity contribution is -0.0323. The number of hydrogen-bond donors (Lipinski definition) is 1. The van der Waals surface area contributed by atoms with Crippen LogP contribution in [-0.2, 0) is 10.3 Å². The average Bonchev–Trinajstić information content (AvgIpc) is 2.49. The van der Waals surface area contributed by atoms with Crippen LogP contribution in [0.5, 0.6) is 0 Å². The van der Waals surface area contributed by atoms with Gasteiger partial charge >= 0.3 is 0 Å². The van der Waals surface area contributed by atoms with Crippen LogP contribution in [0.1, 0.15) is 24.5 Å². The maximum Gasteiger partial charge on any atom is 0.119 e. The summed E-state index contributed by atoms with van der Waals surface area (Å²) in [5, 5.41) is 10.4. The third kappa shape index (κ3) is 1.33. The first-order chi connectivity index (χ1) is 6.64. The highest BCUT2D eigenvalue weighted by atomic mass is 16.5. The van der Waals surface area contributed by atoms with E-state index in [1.54, 1.807) is 12.4 Å². The molecule has 0 bridgehead atoms. The van der Waals surface area contributed by atoms with Gasteiger partial charge in [-0.15, -0.1) is 0 Å². The van der Waals surface area contributed by atoms with Crippen molar-refractivity contribution in [2.45, 2.75) is 32.0 Å². The van der Waals surface area contributed by atoms with Gasteiger partial charge in [-0.05, 0) is 25.5 Å². The Morgan fingerprint density at radius 3 is 3.00 bits per heavy atom. The predicted molar refractivity (Wildman–Crippen MR) is 52.9 cm³/mol. The van der Waals surface area contributed by atoms with Crippen LogP contribution in [0.2, 0.25) is 0 Å². The molecular weight excluding hydrogens is 178 g/mol. The molecule has 0 aromatic carbocycles. The van der Waals surface area contributed by atoms with Gasteiger partial charge in [-0.1, -0.05) is 0 Å². The van der Waals surface area contributed by atoms with Crippen molar-refractivity contribution in [3.8, 4) is 0 Å². The molecule has 2 unspecified atom stereocenters. The summed E-state index contributed by atoms with van der Waals surface area (Å²) in [4.78, 5) is 4.05. The second-order valence-electron chi connectivity index (χ2n) is 3.88. The van der Waals surface area contributed by atoms with Crippen molar-refractivity contribution in [2.75, 3.05) is 6.61 Å². The fourth-order valence-corrected chi connectivity index (χ4v) is 2.00. The maximum atomic E-state index is 10.4. The largest absolute Gasteiger partial charge is 0.382 e. The van der Waals surface area contributed by atoms with Gasteiger partial charge in [-0.2, -0.15) is 0 Å². The monoisotopic (exact) mass is 193 g/mol. The molecule has 0 aliphatic carbocycles. The fourth-order valence-electron chi connectivity index (χ4n) is 2.00. The summed E-state index contributed by atoms with van der Waals surface area (Å²) < 4.78 is 5.40. The maximum absolute atomic E-state index is 10.4. The molecule has 0 amide bonds. The van der Waals surface area contributed by atoms with E-state index in [4.69, 9.17) is 4.74 Å². The topological polar surface area (TPSA) is 42.4 Å². The zero-order valence-corrected chi connectivity index (χ0v) is 8.53. The van der Waals surface area contributed by atoms with E-state index in [0.717, 1.165) is 11.1 Å². The molecule has 1 N–H and O–H groups in total. The van der Waals surface area contributed by atoms with Crippen molar-refractivity contribution in [1.82, 2.24) is 4.98 Å². The number of aliphatic hydroxyl groups is 1. The third-order valence-electron chi connectivity index (χ3n) is 3.03. The molecule has 1 aromatic rings. The van der Waals surface area contributed by atoms with Crippen molar-refractivity contribution in [1.29, 1.82) is 0 Å². The first-order valence-corrected chi connectivity index (χ1v) is 4.89. The molecule has 1 fully saturated rings. The number of nitrogens with zero attached hydrogens (tertiary/aromatic N) is 1. The molecule has 0 saturated carbocycles. The number of ether oxygens (including phenoxy) is 1. The SMILES string of the molecule is Cc1ccncc1C1(O)CCOC1C. The van der Waals surface area contributed by atoms with Crippen molar-refractivity contribution in [2.24, 2.45) is 0 Å². The normalized spacial score (nSPS) is 32.1. The van der Waals surface area contributed by atoms with Gasteiger partial charge in [0.15, 0.2) is 0 Å². The summed E-state index contributed by atoms with van der Waals surface area (Å²) in [5.41, 5.74) is 1.11. The molecule has 3 heteroatoms. The van der Waals surface area contributed by atoms with Crippen molar-refractivity contribution in [3.63, 3.8) is 0 Å². The minimum Gasteiger partial charge on any atom is -0.382 e. The van der Waals surface area contributed by atoms with Gasteiger partial charge < -0.3 is 9.84 Å². The van der Waals surface area contributed by atoms with Gasteiger partial charge in [0.2, 0.25) is 0 Å². The van der Waals surface area contributed by atoms with Crippen LogP contribution >= 0.6 is 0 Å². The fraction of sp³-hybridized carbons (Fsp3) is 0.545. The molecule has 0 radical (unpaired) electrons. The van der Waals surface area contributed by atoms with Crippen LogP contribution in [0.25, 0.3) is 0 Å². The van der Waals surface area contributed by atoms with E-state index in [9.17, 15) is 5.11 Å². The molecule has 2 atom stereocenters. The van der Waals surface area contributed by atoms with Crippen molar-refractivity contribution < 1.29 is 9.84 Å². The zero-order chi connectivity index (χ0) is 10.2. The van der Waals surface area contributed by atoms with Gasteiger partial charge in [0.1, 0.15) is 5.60 Å². The molecule has 1 saturated heterocycles. The second kappa shape index (κ2) is 3.33. The Labute approximate surface area is 83.7 Å². The molecule has 3 nitrogen and oxygen atoms in total. The predicted octanol–water partition coefficient (Wildman–Crippen LogP) is 1.39. The van der Waals surface area contributed by atoms with Crippen molar-refractivity contribution >= 4 is 0 Å². The molecule has 14 heavy (non-hydrogen) atoms. The van der Waals surface area contributed by atoms with Gasteiger partial charge in [0, 0.05) is 24.4 Å². The Balaban J connectivity index is 2.43. The van der Waals surface area contributed by atoms with E-state index in [1.807, 2.05) is 19.9 Å². The third-order valence-corrected chi connectivity index (χ3v) is 3.03. The molecule has 1 aliphatic rings. The standard InChI is InChI=1S/C11H15NO2/c1-8-3-5-12-7-10(8)11(13)4-6-14-9(11)2/h3,5,7,9,13H,4,6H2,1-2H3. The summed E-state index contributed by atoms with van der Waals surface area (Å²) in [7, 11) is 0. The summed E-state index contributed by atoms with van der Waals surface area (Å²) in [5.74, 6) is 0. The summed E-state index contributed by atoms with van der Waals surface area (Å²) >= 11 is 0. The molecule has 76 valence electrons. The highest BCUT2D eigenvalue weighted by molar-refractivity contribution is 5.29. The Hall–Kier alpha value is -0.930. The van der Waals surface area contributed by atoms with Crippen LogP contribution in [0.4, 0.5) is 0 Å². The number of aromatic nitrogens is 1. The van der Waals surface area contributed by atoms with Crippen LogP contribution in [0, 0.1) is 6.92 Å². The van der Waals surface area contributed by atoms with E-state index in [0.29, 0.717) is 13.0 Å². The van der Waals surface area contributed by atoms with Crippen molar-refractivity contribution in [3.05, 3.63) is 29.6 Å². The molecular formula is C11H15NO2. The molecule has 1 aromatic heterocycles. The van der Waals surface area contributed by atoms with E-state index < -0.39 is 5.60 Å². The van der Waals surface area contributed by atoms with Crippen LogP contribution in [0.15, 0.2) is 18.5 Å². The number of pyridine rings is 1. The summed E-state index contributed by atoms with van der Waals surface area (Å²) in [6, 6.07) is 1.92. The van der Waals surface area contributed by atoms with Gasteiger partial charge in [-0.3, -0.25) is 4.98 Å². The smallest absolute Gasteiger partial charge is 0.119 e. The first-order valence-electron chi connectivity index (χ1n) is 4.89. The minimum atomic E-state index is -0.849. The van der Waals surface area contributed by atoms with E-state index in [-0.39, 0.29) is 6.10 Å². The number of aryl methyl sites for hydroxylation is 1. The summed E-state index contributed by atoms with van der Waals surface area (Å²) in [6.45, 7) is 4.51. The lowest BCUT2D eigenvalue weighted by Crippen LogP contribution is -2.34. The first kappa shape index (κ1) is 9.62. The second-order valence-corrected chi connectivity index (χ2v) is 3.88. The molecule has 1 aliphatic heterocycles. The van der Waals surface area contributed by atoms with Gasteiger partial charge in [-0.25, -0.2) is 0 Å². The van der Waals surface area contributed by atoms with Gasteiger partial charge in [0.25, 0.3) is 0 Å². The van der Waals surface area contributed by atoms with Crippen LogP contribution in [-0.4, -0.2) is 22.8 Å². The highest BCUT2D eigenvalue weighted by Gasteiger charge is 2.42. The lowest BCUT2D eigenvalue weighted by Gasteiger charge is -2.27. The number of rotatable bonds is 1. The highest BCUT2D eigenvalue weighted by Crippen LogP contribution is 2.36. The quantitative estimate of drug-likeness (QED) is 0.732. The zero-order valence-electron chi connectivity index (χ0n) is 8.53. The Bertz CT molecular complexity index is 340. The molecule has 2 rings (SSSR count). The Morgan fingerprint density at radius 2 is 2.43 bits per heavy atom. The minimum absolute atomic E-state index is 0.148. The Morgan fingerprint density at radius 1 is 1.64 bits per heavy atom. The van der Waals surface area contributed by atoms with Gasteiger partial charge in [0.05, 0.1) is 12.7 Å². The van der Waals surface area contributed by atoms with E-state index in [2.05, 4.69) is 4.98 Å². The van der Waals surface area contributed by atoms with Crippen LogP contribution in [0.3, 0.4) is 0 Å². The lowest BCUT2D eigenvalue weighted by atomic mass is 9.86. The van der Waals surface area contributed by atoms with Crippen LogP contribution < -0.4 is 0 Å². The van der Waals surface area contributed by atoms with E-state index in [1.165, 1.54) is 0 Å². The average molecular weight is 193 g/mol. The Kier molecular flexibility index (Phi) is 2.29.